The van der Waals surface area contributed by atoms with Gasteiger partial charge in [-0.05, 0) is 12.8 Å². The normalized spacial score (nSPS) is 12.4. The summed E-state index contributed by atoms with van der Waals surface area (Å²) in [5.41, 5.74) is 0. The Morgan fingerprint density at radius 3 is 2.67 bits per heavy atom. The number of nitrogens with zero attached hydrogens (tertiary/aromatic N) is 1. The van der Waals surface area contributed by atoms with Crippen LogP contribution in [-0.4, -0.2) is 16.2 Å². The van der Waals surface area contributed by atoms with Crippen LogP contribution >= 0.6 is 0 Å². The van der Waals surface area contributed by atoms with Gasteiger partial charge in [0.2, 0.25) is 0 Å². The standard InChI is InChI=1S/C6H11NOS/c1-9(8)6-4-2-3-5-7/h2-4,6H2,1H3/t9-/m1/s1. The highest BCUT2D eigenvalue weighted by atomic mass is 32.2. The maximum absolute atomic E-state index is 10.4. The zero-order chi connectivity index (χ0) is 7.11. The Bertz CT molecular complexity index is 128. The number of hydrogen-bond donors (Lipinski definition) is 0. The third-order valence-electron chi connectivity index (χ3n) is 0.970. The van der Waals surface area contributed by atoms with E-state index in [4.69, 9.17) is 5.26 Å². The topological polar surface area (TPSA) is 40.9 Å². The van der Waals surface area contributed by atoms with E-state index in [1.54, 1.807) is 6.26 Å². The smallest absolute Gasteiger partial charge is 0.0621 e. The molecule has 1 atom stereocenters. The minimum Gasteiger partial charge on any atom is -0.260 e. The molecule has 2 nitrogen and oxygen atoms in total. The Labute approximate surface area is 58.3 Å². The second-order valence-electron chi connectivity index (χ2n) is 1.89. The molecule has 0 saturated carbocycles. The van der Waals surface area contributed by atoms with Crippen LogP contribution in [0.3, 0.4) is 0 Å². The van der Waals surface area contributed by atoms with Gasteiger partial charge in [0.05, 0.1) is 6.07 Å². The zero-order valence-electron chi connectivity index (χ0n) is 5.59. The first-order chi connectivity index (χ1) is 4.27. The van der Waals surface area contributed by atoms with E-state index in [9.17, 15) is 4.21 Å². The summed E-state index contributed by atoms with van der Waals surface area (Å²) in [6.45, 7) is 0. The molecule has 0 bridgehead atoms. The summed E-state index contributed by atoms with van der Waals surface area (Å²) in [6, 6.07) is 2.04. The first-order valence-corrected chi connectivity index (χ1v) is 4.67. The first kappa shape index (κ1) is 8.64. The average molecular weight is 145 g/mol. The van der Waals surface area contributed by atoms with Crippen LogP contribution in [0.5, 0.6) is 0 Å². The van der Waals surface area contributed by atoms with Gasteiger partial charge in [-0.2, -0.15) is 5.26 Å². The van der Waals surface area contributed by atoms with Gasteiger partial charge in [-0.1, -0.05) is 0 Å². The molecular formula is C6H11NOS. The van der Waals surface area contributed by atoms with Gasteiger partial charge >= 0.3 is 0 Å². The minimum absolute atomic E-state index is 0.594. The Morgan fingerprint density at radius 1 is 1.56 bits per heavy atom. The van der Waals surface area contributed by atoms with E-state index in [-0.39, 0.29) is 0 Å². The summed E-state index contributed by atoms with van der Waals surface area (Å²) in [6.07, 6.45) is 4.08. The average Bonchev–Trinajstić information content (AvgIpc) is 1.80. The largest absolute Gasteiger partial charge is 0.260 e. The molecule has 9 heavy (non-hydrogen) atoms. The summed E-state index contributed by atoms with van der Waals surface area (Å²) in [5, 5.41) is 8.11. The lowest BCUT2D eigenvalue weighted by molar-refractivity contribution is 0.682. The third-order valence-corrected chi connectivity index (χ3v) is 1.83. The van der Waals surface area contributed by atoms with E-state index >= 15 is 0 Å². The van der Waals surface area contributed by atoms with E-state index < -0.39 is 10.8 Å². The van der Waals surface area contributed by atoms with Gasteiger partial charge in [0.15, 0.2) is 0 Å². The van der Waals surface area contributed by atoms with E-state index in [0.717, 1.165) is 18.6 Å². The van der Waals surface area contributed by atoms with Crippen molar-refractivity contribution in [1.82, 2.24) is 0 Å². The maximum Gasteiger partial charge on any atom is 0.0621 e. The lowest BCUT2D eigenvalue weighted by atomic mass is 10.3. The van der Waals surface area contributed by atoms with Gasteiger partial charge in [0.25, 0.3) is 0 Å². The summed E-state index contributed by atoms with van der Waals surface area (Å²) in [7, 11) is -0.678. The molecule has 0 aliphatic heterocycles. The fourth-order valence-corrected chi connectivity index (χ4v) is 1.12. The van der Waals surface area contributed by atoms with E-state index in [2.05, 4.69) is 0 Å². The molecule has 0 N–H and O–H groups in total. The maximum atomic E-state index is 10.4. The molecule has 0 aromatic heterocycles. The summed E-state index contributed by atoms with van der Waals surface area (Å²) >= 11 is 0. The molecule has 0 saturated heterocycles. The van der Waals surface area contributed by atoms with Crippen molar-refractivity contribution in [1.29, 1.82) is 5.26 Å². The van der Waals surface area contributed by atoms with Gasteiger partial charge in [0.1, 0.15) is 0 Å². The van der Waals surface area contributed by atoms with E-state index in [1.165, 1.54) is 0 Å². The number of unbranched alkanes of at least 4 members (excludes halogenated alkanes) is 2. The Balaban J connectivity index is 2.94. The van der Waals surface area contributed by atoms with Crippen LogP contribution in [0, 0.1) is 11.3 Å². The molecule has 0 rings (SSSR count). The number of rotatable bonds is 4. The molecule has 0 spiro atoms. The molecule has 3 heteroatoms. The van der Waals surface area contributed by atoms with Crippen LogP contribution in [0.25, 0.3) is 0 Å². The van der Waals surface area contributed by atoms with Crippen LogP contribution < -0.4 is 0 Å². The Morgan fingerprint density at radius 2 is 2.22 bits per heavy atom. The molecule has 0 aromatic rings. The van der Waals surface area contributed by atoms with Crippen LogP contribution in [0.1, 0.15) is 19.3 Å². The molecular weight excluding hydrogens is 134 g/mol. The van der Waals surface area contributed by atoms with Crippen molar-refractivity contribution in [2.45, 2.75) is 19.3 Å². The van der Waals surface area contributed by atoms with Crippen molar-refractivity contribution in [3.05, 3.63) is 0 Å². The lowest BCUT2D eigenvalue weighted by Gasteiger charge is -1.90. The second kappa shape index (κ2) is 5.77. The molecule has 0 aromatic carbocycles. The summed E-state index contributed by atoms with van der Waals surface area (Å²) < 4.78 is 10.4. The minimum atomic E-state index is -0.678. The fraction of sp³-hybridized carbons (Fsp3) is 0.833. The molecule has 0 heterocycles. The van der Waals surface area contributed by atoms with Crippen molar-refractivity contribution in [3.63, 3.8) is 0 Å². The van der Waals surface area contributed by atoms with E-state index in [0.29, 0.717) is 6.42 Å². The van der Waals surface area contributed by atoms with Gasteiger partial charge in [-0.3, -0.25) is 4.21 Å². The Kier molecular flexibility index (Phi) is 5.54. The predicted molar refractivity (Wildman–Crippen MR) is 38.4 cm³/mol. The number of nitriles is 1. The van der Waals surface area contributed by atoms with Crippen LogP contribution in [0.15, 0.2) is 0 Å². The van der Waals surface area contributed by atoms with Gasteiger partial charge in [-0.25, -0.2) is 0 Å². The first-order valence-electron chi connectivity index (χ1n) is 2.94. The Hall–Kier alpha value is -0.360. The molecule has 0 unspecified atom stereocenters. The molecule has 0 radical (unpaired) electrons. The van der Waals surface area contributed by atoms with Crippen LogP contribution in [0.4, 0.5) is 0 Å². The van der Waals surface area contributed by atoms with Gasteiger partial charge in [-0.15, -0.1) is 0 Å². The van der Waals surface area contributed by atoms with Crippen molar-refractivity contribution in [3.8, 4) is 6.07 Å². The van der Waals surface area contributed by atoms with Crippen LogP contribution in [-0.2, 0) is 10.8 Å². The van der Waals surface area contributed by atoms with E-state index in [1.807, 2.05) is 6.07 Å². The lowest BCUT2D eigenvalue weighted by Crippen LogP contribution is -1.92. The third kappa shape index (κ3) is 7.64. The predicted octanol–water partition coefficient (Wildman–Crippen LogP) is 1.06. The van der Waals surface area contributed by atoms with Crippen molar-refractivity contribution >= 4 is 10.8 Å². The number of hydrogen-bond acceptors (Lipinski definition) is 2. The highest BCUT2D eigenvalue weighted by molar-refractivity contribution is 7.84. The summed E-state index contributed by atoms with van der Waals surface area (Å²) in [4.78, 5) is 0. The molecule has 0 amide bonds. The highest BCUT2D eigenvalue weighted by Crippen LogP contribution is 1.94. The molecule has 0 aliphatic carbocycles. The van der Waals surface area contributed by atoms with Crippen molar-refractivity contribution in [2.75, 3.05) is 12.0 Å². The fourth-order valence-electron chi connectivity index (χ4n) is 0.509. The van der Waals surface area contributed by atoms with Gasteiger partial charge < -0.3 is 0 Å². The SMILES string of the molecule is C[S@@](=O)CCCCC#N. The van der Waals surface area contributed by atoms with Crippen molar-refractivity contribution < 1.29 is 4.21 Å². The molecule has 52 valence electrons. The summed E-state index contributed by atoms with van der Waals surface area (Å²) in [5.74, 6) is 0.738. The highest BCUT2D eigenvalue weighted by Gasteiger charge is 1.89. The zero-order valence-corrected chi connectivity index (χ0v) is 6.41. The van der Waals surface area contributed by atoms with Crippen LogP contribution in [0.2, 0.25) is 0 Å². The monoisotopic (exact) mass is 145 g/mol. The molecule has 0 fully saturated rings. The molecule has 0 aliphatic rings. The van der Waals surface area contributed by atoms with Crippen molar-refractivity contribution in [2.24, 2.45) is 0 Å². The van der Waals surface area contributed by atoms with Gasteiger partial charge in [0, 0.05) is 29.2 Å². The quantitative estimate of drug-likeness (QED) is 0.555. The second-order valence-corrected chi connectivity index (χ2v) is 3.45.